The Bertz CT molecular complexity index is 255. The molecule has 15 heavy (non-hydrogen) atoms. The van der Waals surface area contributed by atoms with Crippen molar-refractivity contribution in [1.82, 2.24) is 4.90 Å². The number of amides is 1. The number of hydrogen-bond acceptors (Lipinski definition) is 3. The molecule has 0 radical (unpaired) electrons. The molecule has 1 heterocycles. The van der Waals surface area contributed by atoms with E-state index in [9.17, 15) is 4.79 Å². The number of nitrogens with zero attached hydrogens (tertiary/aromatic N) is 1. The summed E-state index contributed by atoms with van der Waals surface area (Å²) in [5, 5.41) is 0. The Morgan fingerprint density at radius 3 is 2.40 bits per heavy atom. The van der Waals surface area contributed by atoms with Crippen molar-refractivity contribution in [2.75, 3.05) is 13.7 Å². The third kappa shape index (κ3) is 2.25. The summed E-state index contributed by atoms with van der Waals surface area (Å²) in [6.07, 6.45) is -0.322. The molecule has 1 aliphatic rings. The minimum Gasteiger partial charge on any atom is -0.453 e. The van der Waals surface area contributed by atoms with Crippen LogP contribution in [0.3, 0.4) is 0 Å². The van der Waals surface area contributed by atoms with E-state index >= 15 is 0 Å². The Morgan fingerprint density at radius 1 is 1.47 bits per heavy atom. The predicted octanol–water partition coefficient (Wildman–Crippen LogP) is 2.24. The van der Waals surface area contributed by atoms with Crippen LogP contribution in [0.1, 0.15) is 34.6 Å². The molecule has 1 amide bonds. The highest BCUT2D eigenvalue weighted by Gasteiger charge is 2.48. The summed E-state index contributed by atoms with van der Waals surface area (Å²) in [4.78, 5) is 13.4. The molecule has 4 heteroatoms. The molecule has 1 unspecified atom stereocenters. The Hall–Kier alpha value is -0.770. The summed E-state index contributed by atoms with van der Waals surface area (Å²) >= 11 is 0. The lowest BCUT2D eigenvalue weighted by molar-refractivity contribution is -0.0484. The van der Waals surface area contributed by atoms with Crippen LogP contribution in [-0.2, 0) is 9.47 Å². The van der Waals surface area contributed by atoms with E-state index in [0.717, 1.165) is 0 Å². The van der Waals surface area contributed by atoms with E-state index in [1.807, 2.05) is 13.8 Å². The lowest BCUT2D eigenvalue weighted by atomic mass is 9.86. The molecule has 0 aromatic rings. The number of carbonyl (C=O) groups excluding carboxylic acids is 1. The van der Waals surface area contributed by atoms with E-state index in [0.29, 0.717) is 6.61 Å². The van der Waals surface area contributed by atoms with Crippen LogP contribution in [-0.4, -0.2) is 36.5 Å². The van der Waals surface area contributed by atoms with Crippen LogP contribution < -0.4 is 0 Å². The zero-order valence-corrected chi connectivity index (χ0v) is 10.5. The molecule has 0 aromatic heterocycles. The van der Waals surface area contributed by atoms with Crippen molar-refractivity contribution in [3.8, 4) is 0 Å². The Morgan fingerprint density at radius 2 is 2.00 bits per heavy atom. The van der Waals surface area contributed by atoms with E-state index < -0.39 is 5.72 Å². The molecule has 0 bridgehead atoms. The van der Waals surface area contributed by atoms with Gasteiger partial charge in [0.05, 0.1) is 19.8 Å². The highest BCUT2D eigenvalue weighted by atomic mass is 16.6. The molecule has 1 aliphatic heterocycles. The van der Waals surface area contributed by atoms with Crippen LogP contribution in [0.25, 0.3) is 0 Å². The van der Waals surface area contributed by atoms with Crippen molar-refractivity contribution in [2.45, 2.75) is 46.4 Å². The maximum Gasteiger partial charge on any atom is 0.412 e. The first-order chi connectivity index (χ1) is 6.70. The number of ether oxygens (including phenoxy) is 2. The number of carbonyl (C=O) groups is 1. The van der Waals surface area contributed by atoms with E-state index in [1.165, 1.54) is 7.11 Å². The molecule has 88 valence electrons. The quantitative estimate of drug-likeness (QED) is 0.622. The first-order valence-corrected chi connectivity index (χ1v) is 5.21. The summed E-state index contributed by atoms with van der Waals surface area (Å²) in [5.41, 5.74) is -0.590. The van der Waals surface area contributed by atoms with Crippen molar-refractivity contribution < 1.29 is 14.3 Å². The van der Waals surface area contributed by atoms with Gasteiger partial charge in [-0.05, 0) is 19.3 Å². The Labute approximate surface area is 91.5 Å². The van der Waals surface area contributed by atoms with Gasteiger partial charge in [-0.2, -0.15) is 0 Å². The van der Waals surface area contributed by atoms with Crippen molar-refractivity contribution >= 4 is 6.09 Å². The van der Waals surface area contributed by atoms with Crippen LogP contribution in [0.2, 0.25) is 0 Å². The summed E-state index contributed by atoms with van der Waals surface area (Å²) in [6, 6.07) is 0.0555. The maximum atomic E-state index is 11.7. The van der Waals surface area contributed by atoms with Crippen molar-refractivity contribution in [3.63, 3.8) is 0 Å². The molecule has 0 saturated carbocycles. The second-order valence-electron chi connectivity index (χ2n) is 5.48. The Kier molecular flexibility index (Phi) is 3.01. The van der Waals surface area contributed by atoms with Gasteiger partial charge < -0.3 is 9.47 Å². The highest BCUT2D eigenvalue weighted by Crippen LogP contribution is 2.36. The van der Waals surface area contributed by atoms with Gasteiger partial charge in [0, 0.05) is 0 Å². The molecule has 1 rings (SSSR count). The van der Waals surface area contributed by atoms with Crippen molar-refractivity contribution in [2.24, 2.45) is 5.41 Å². The van der Waals surface area contributed by atoms with Gasteiger partial charge in [0.25, 0.3) is 0 Å². The average Bonchev–Trinajstić information content (AvgIpc) is 2.39. The zero-order chi connectivity index (χ0) is 11.9. The van der Waals surface area contributed by atoms with Gasteiger partial charge >= 0.3 is 6.09 Å². The molecule has 1 fully saturated rings. The van der Waals surface area contributed by atoms with E-state index in [2.05, 4.69) is 20.8 Å². The van der Waals surface area contributed by atoms with Gasteiger partial charge in [0.15, 0.2) is 0 Å². The van der Waals surface area contributed by atoms with Crippen LogP contribution in [0.15, 0.2) is 0 Å². The van der Waals surface area contributed by atoms with Crippen molar-refractivity contribution in [3.05, 3.63) is 0 Å². The highest BCUT2D eigenvalue weighted by molar-refractivity contribution is 5.69. The molecule has 0 spiro atoms. The molecular weight excluding hydrogens is 194 g/mol. The second kappa shape index (κ2) is 3.67. The predicted molar refractivity (Wildman–Crippen MR) is 57.5 cm³/mol. The SMILES string of the molecule is COC(=O)N1C(C(C)(C)C)COC1(C)C. The van der Waals surface area contributed by atoms with E-state index in [1.54, 1.807) is 4.90 Å². The number of rotatable bonds is 0. The standard InChI is InChI=1S/C11H21NO3/c1-10(2,3)8-7-15-11(4,5)12(8)9(13)14-6/h8H,7H2,1-6H3. The van der Waals surface area contributed by atoms with Gasteiger partial charge in [-0.25, -0.2) is 4.79 Å². The summed E-state index contributed by atoms with van der Waals surface area (Å²) < 4.78 is 10.4. The number of hydrogen-bond donors (Lipinski definition) is 0. The molecule has 4 nitrogen and oxygen atoms in total. The minimum atomic E-state index is -0.578. The van der Waals surface area contributed by atoms with Gasteiger partial charge in [-0.15, -0.1) is 0 Å². The zero-order valence-electron chi connectivity index (χ0n) is 10.5. The van der Waals surface area contributed by atoms with Crippen LogP contribution in [0, 0.1) is 5.41 Å². The second-order valence-corrected chi connectivity index (χ2v) is 5.48. The smallest absolute Gasteiger partial charge is 0.412 e. The van der Waals surface area contributed by atoms with Gasteiger partial charge in [-0.1, -0.05) is 20.8 Å². The summed E-state index contributed by atoms with van der Waals surface area (Å²) in [7, 11) is 1.40. The maximum absolute atomic E-state index is 11.7. The lowest BCUT2D eigenvalue weighted by Crippen LogP contribution is -2.52. The number of methoxy groups -OCH3 is 1. The third-order valence-corrected chi connectivity index (χ3v) is 2.86. The van der Waals surface area contributed by atoms with Crippen LogP contribution in [0.4, 0.5) is 4.79 Å². The molecule has 0 aromatic carbocycles. The fraction of sp³-hybridized carbons (Fsp3) is 0.909. The lowest BCUT2D eigenvalue weighted by Gasteiger charge is -2.37. The van der Waals surface area contributed by atoms with E-state index in [4.69, 9.17) is 9.47 Å². The third-order valence-electron chi connectivity index (χ3n) is 2.86. The molecule has 0 N–H and O–H groups in total. The Balaban J connectivity index is 2.97. The fourth-order valence-corrected chi connectivity index (χ4v) is 1.88. The monoisotopic (exact) mass is 215 g/mol. The normalized spacial score (nSPS) is 25.5. The van der Waals surface area contributed by atoms with Gasteiger partial charge in [0.2, 0.25) is 0 Å². The van der Waals surface area contributed by atoms with Gasteiger partial charge in [-0.3, -0.25) is 4.90 Å². The van der Waals surface area contributed by atoms with Gasteiger partial charge in [0.1, 0.15) is 5.72 Å². The molecule has 0 aliphatic carbocycles. The van der Waals surface area contributed by atoms with Crippen LogP contribution >= 0.6 is 0 Å². The largest absolute Gasteiger partial charge is 0.453 e. The van der Waals surface area contributed by atoms with Crippen LogP contribution in [0.5, 0.6) is 0 Å². The first kappa shape index (κ1) is 12.3. The van der Waals surface area contributed by atoms with Crippen molar-refractivity contribution in [1.29, 1.82) is 0 Å². The molecule has 1 atom stereocenters. The molecular formula is C11H21NO3. The average molecular weight is 215 g/mol. The first-order valence-electron chi connectivity index (χ1n) is 5.21. The summed E-state index contributed by atoms with van der Waals surface area (Å²) in [5.74, 6) is 0. The fourth-order valence-electron chi connectivity index (χ4n) is 1.88. The minimum absolute atomic E-state index is 0.0119. The topological polar surface area (TPSA) is 38.8 Å². The van der Waals surface area contributed by atoms with E-state index in [-0.39, 0.29) is 17.6 Å². The molecule has 1 saturated heterocycles. The summed E-state index contributed by atoms with van der Waals surface area (Å²) in [6.45, 7) is 10.6.